The molecule has 0 fully saturated rings. The standard InChI is InChI=1S/C20H34O3/c1-2-3-4-13-16-19(21)17-14-11-9-7-5-6-8-10-12-15-18-20(22)23/h10,12,15,18H,2-9,11,13-14,16-17H2,1H3,(H,22,23)/b12-10?,18-15-. The van der Waals surface area contributed by atoms with Crippen LogP contribution in [0.15, 0.2) is 24.3 Å². The molecule has 0 heterocycles. The summed E-state index contributed by atoms with van der Waals surface area (Å²) < 4.78 is 0. The fraction of sp³-hybridized carbons (Fsp3) is 0.700. The Labute approximate surface area is 141 Å². The third-order valence-corrected chi connectivity index (χ3v) is 3.87. The first-order valence-corrected chi connectivity index (χ1v) is 9.24. The minimum Gasteiger partial charge on any atom is -0.478 e. The number of unbranched alkanes of at least 4 members (excludes halogenated alkanes) is 9. The van der Waals surface area contributed by atoms with Gasteiger partial charge in [-0.3, -0.25) is 4.79 Å². The highest BCUT2D eigenvalue weighted by Crippen LogP contribution is 2.11. The Kier molecular flexibility index (Phi) is 16.0. The Morgan fingerprint density at radius 1 is 0.783 bits per heavy atom. The van der Waals surface area contributed by atoms with E-state index in [2.05, 4.69) is 6.92 Å². The summed E-state index contributed by atoms with van der Waals surface area (Å²) in [6.45, 7) is 2.19. The molecule has 0 aliphatic heterocycles. The molecule has 0 unspecified atom stereocenters. The number of carboxylic acid groups (broad SMARTS) is 1. The number of Topliss-reactive ketones (excluding diaryl/α,β-unsaturated/α-hetero) is 1. The van der Waals surface area contributed by atoms with Crippen LogP contribution in [0.2, 0.25) is 0 Å². The van der Waals surface area contributed by atoms with Crippen LogP contribution in [0, 0.1) is 0 Å². The predicted molar refractivity (Wildman–Crippen MR) is 96.6 cm³/mol. The molecule has 0 amide bonds. The molecule has 0 aliphatic rings. The molecule has 1 N–H and O–H groups in total. The minimum absolute atomic E-state index is 0.445. The van der Waals surface area contributed by atoms with Crippen LogP contribution in [0.4, 0.5) is 0 Å². The summed E-state index contributed by atoms with van der Waals surface area (Å²) >= 11 is 0. The maximum atomic E-state index is 11.7. The van der Waals surface area contributed by atoms with Crippen LogP contribution in [0.5, 0.6) is 0 Å². The summed E-state index contributed by atoms with van der Waals surface area (Å²) in [7, 11) is 0. The molecular weight excluding hydrogens is 288 g/mol. The van der Waals surface area contributed by atoms with E-state index in [-0.39, 0.29) is 0 Å². The summed E-state index contributed by atoms with van der Waals surface area (Å²) in [6, 6.07) is 0. The largest absolute Gasteiger partial charge is 0.478 e. The molecule has 0 spiro atoms. The van der Waals surface area contributed by atoms with E-state index in [0.717, 1.165) is 51.0 Å². The second-order valence-electron chi connectivity index (χ2n) is 6.13. The van der Waals surface area contributed by atoms with Crippen molar-refractivity contribution in [1.82, 2.24) is 0 Å². The van der Waals surface area contributed by atoms with Crippen LogP contribution >= 0.6 is 0 Å². The quantitative estimate of drug-likeness (QED) is 0.220. The zero-order valence-corrected chi connectivity index (χ0v) is 14.8. The first-order chi connectivity index (χ1) is 11.2. The summed E-state index contributed by atoms with van der Waals surface area (Å²) in [4.78, 5) is 21.9. The molecule has 0 aromatic heterocycles. The zero-order chi connectivity index (χ0) is 17.2. The highest BCUT2D eigenvalue weighted by Gasteiger charge is 2.01. The van der Waals surface area contributed by atoms with E-state index in [0.29, 0.717) is 5.78 Å². The average molecular weight is 322 g/mol. The SMILES string of the molecule is CCCCCCC(=O)CCCCCCCCC=C/C=C\C(=O)O. The number of carbonyl (C=O) groups is 2. The van der Waals surface area contributed by atoms with Crippen molar-refractivity contribution < 1.29 is 14.7 Å². The number of carboxylic acids is 1. The van der Waals surface area contributed by atoms with Crippen LogP contribution in [-0.2, 0) is 9.59 Å². The number of ketones is 1. The van der Waals surface area contributed by atoms with Gasteiger partial charge in [0, 0.05) is 18.9 Å². The Morgan fingerprint density at radius 2 is 1.35 bits per heavy atom. The van der Waals surface area contributed by atoms with Crippen LogP contribution in [0.3, 0.4) is 0 Å². The molecule has 3 nitrogen and oxygen atoms in total. The molecule has 0 atom stereocenters. The Bertz CT molecular complexity index is 356. The summed E-state index contributed by atoms with van der Waals surface area (Å²) in [5.74, 6) is -0.463. The van der Waals surface area contributed by atoms with E-state index < -0.39 is 5.97 Å². The summed E-state index contributed by atoms with van der Waals surface area (Å²) in [6.07, 6.45) is 20.8. The molecule has 0 saturated heterocycles. The van der Waals surface area contributed by atoms with E-state index in [9.17, 15) is 9.59 Å². The van der Waals surface area contributed by atoms with Crippen molar-refractivity contribution in [3.63, 3.8) is 0 Å². The number of aliphatic carboxylic acids is 1. The predicted octanol–water partition coefficient (Wildman–Crippen LogP) is 5.84. The Hall–Kier alpha value is -1.38. The molecule has 0 aliphatic carbocycles. The number of allylic oxidation sites excluding steroid dienone is 3. The highest BCUT2D eigenvalue weighted by atomic mass is 16.4. The van der Waals surface area contributed by atoms with Crippen molar-refractivity contribution >= 4 is 11.8 Å². The van der Waals surface area contributed by atoms with Gasteiger partial charge in [-0.05, 0) is 25.7 Å². The zero-order valence-electron chi connectivity index (χ0n) is 14.8. The monoisotopic (exact) mass is 322 g/mol. The lowest BCUT2D eigenvalue weighted by Gasteiger charge is -2.02. The van der Waals surface area contributed by atoms with E-state index in [1.807, 2.05) is 6.08 Å². The number of rotatable bonds is 16. The van der Waals surface area contributed by atoms with Crippen molar-refractivity contribution in [2.24, 2.45) is 0 Å². The number of hydrogen-bond acceptors (Lipinski definition) is 2. The van der Waals surface area contributed by atoms with E-state index in [1.165, 1.54) is 38.5 Å². The highest BCUT2D eigenvalue weighted by molar-refractivity contribution is 5.80. The van der Waals surface area contributed by atoms with E-state index in [1.54, 1.807) is 12.2 Å². The molecular formula is C20H34O3. The molecule has 132 valence electrons. The van der Waals surface area contributed by atoms with Crippen molar-refractivity contribution in [2.75, 3.05) is 0 Å². The molecule has 0 aromatic rings. The summed E-state index contributed by atoms with van der Waals surface area (Å²) in [5.41, 5.74) is 0. The minimum atomic E-state index is -0.908. The van der Waals surface area contributed by atoms with Gasteiger partial charge in [-0.2, -0.15) is 0 Å². The molecule has 0 bridgehead atoms. The lowest BCUT2D eigenvalue weighted by molar-refractivity contribution is -0.131. The topological polar surface area (TPSA) is 54.4 Å². The molecule has 3 heteroatoms. The lowest BCUT2D eigenvalue weighted by atomic mass is 10.0. The smallest absolute Gasteiger partial charge is 0.328 e. The third kappa shape index (κ3) is 18.6. The first-order valence-electron chi connectivity index (χ1n) is 9.24. The first kappa shape index (κ1) is 21.6. The molecule has 0 aromatic carbocycles. The normalized spacial score (nSPS) is 11.5. The number of hydrogen-bond donors (Lipinski definition) is 1. The molecule has 0 radical (unpaired) electrons. The van der Waals surface area contributed by atoms with Gasteiger partial charge in [0.25, 0.3) is 0 Å². The summed E-state index contributed by atoms with van der Waals surface area (Å²) in [5, 5.41) is 8.41. The molecule has 0 saturated carbocycles. The Balaban J connectivity index is 3.27. The Morgan fingerprint density at radius 3 is 1.96 bits per heavy atom. The van der Waals surface area contributed by atoms with Crippen LogP contribution in [-0.4, -0.2) is 16.9 Å². The van der Waals surface area contributed by atoms with Gasteiger partial charge in [-0.25, -0.2) is 4.79 Å². The van der Waals surface area contributed by atoms with Gasteiger partial charge < -0.3 is 5.11 Å². The fourth-order valence-corrected chi connectivity index (χ4v) is 2.48. The van der Waals surface area contributed by atoms with Crippen molar-refractivity contribution in [1.29, 1.82) is 0 Å². The van der Waals surface area contributed by atoms with Crippen molar-refractivity contribution in [2.45, 2.75) is 90.4 Å². The second-order valence-corrected chi connectivity index (χ2v) is 6.13. The van der Waals surface area contributed by atoms with Gasteiger partial charge in [-0.1, -0.05) is 70.1 Å². The fourth-order valence-electron chi connectivity index (χ4n) is 2.48. The molecule has 23 heavy (non-hydrogen) atoms. The van der Waals surface area contributed by atoms with Crippen LogP contribution < -0.4 is 0 Å². The average Bonchev–Trinajstić information content (AvgIpc) is 2.52. The van der Waals surface area contributed by atoms with Crippen molar-refractivity contribution in [3.05, 3.63) is 24.3 Å². The molecule has 0 rings (SSSR count). The van der Waals surface area contributed by atoms with Crippen molar-refractivity contribution in [3.8, 4) is 0 Å². The van der Waals surface area contributed by atoms with Crippen LogP contribution in [0.25, 0.3) is 0 Å². The van der Waals surface area contributed by atoms with Gasteiger partial charge in [-0.15, -0.1) is 0 Å². The van der Waals surface area contributed by atoms with Gasteiger partial charge in [0.1, 0.15) is 5.78 Å². The van der Waals surface area contributed by atoms with E-state index in [4.69, 9.17) is 5.11 Å². The number of carbonyl (C=O) groups excluding carboxylic acids is 1. The maximum absolute atomic E-state index is 11.7. The van der Waals surface area contributed by atoms with Gasteiger partial charge in [0.2, 0.25) is 0 Å². The van der Waals surface area contributed by atoms with Gasteiger partial charge in [0.15, 0.2) is 0 Å². The second kappa shape index (κ2) is 17.0. The lowest BCUT2D eigenvalue weighted by Crippen LogP contribution is -1.97. The van der Waals surface area contributed by atoms with Gasteiger partial charge >= 0.3 is 5.97 Å². The van der Waals surface area contributed by atoms with Crippen LogP contribution in [0.1, 0.15) is 90.4 Å². The maximum Gasteiger partial charge on any atom is 0.328 e. The van der Waals surface area contributed by atoms with Gasteiger partial charge in [0.05, 0.1) is 0 Å². The van der Waals surface area contributed by atoms with E-state index >= 15 is 0 Å². The third-order valence-electron chi connectivity index (χ3n) is 3.87.